The van der Waals surface area contributed by atoms with Crippen molar-refractivity contribution in [2.75, 3.05) is 6.54 Å². The molecule has 0 saturated carbocycles. The number of rotatable bonds is 4. The van der Waals surface area contributed by atoms with Gasteiger partial charge < -0.3 is 4.90 Å². The summed E-state index contributed by atoms with van der Waals surface area (Å²) in [5.41, 5.74) is 2.91. The van der Waals surface area contributed by atoms with Crippen LogP contribution in [0.25, 0.3) is 6.08 Å². The molecule has 0 radical (unpaired) electrons. The maximum absolute atomic E-state index is 11.9. The number of hydrogen-bond donors (Lipinski definition) is 2. The van der Waals surface area contributed by atoms with Gasteiger partial charge in [0.1, 0.15) is 0 Å². The fraction of sp³-hybridized carbons (Fsp3) is 0.143. The van der Waals surface area contributed by atoms with E-state index in [-0.39, 0.29) is 12.3 Å². The molecule has 1 aliphatic heterocycles. The normalized spacial score (nSPS) is 14.9. The molecule has 1 aromatic carbocycles. The lowest BCUT2D eigenvalue weighted by molar-refractivity contribution is -0.130. The van der Waals surface area contributed by atoms with Crippen LogP contribution in [0.3, 0.4) is 0 Å². The lowest BCUT2D eigenvalue weighted by Gasteiger charge is -2.10. The first-order chi connectivity index (χ1) is 9.20. The largest absolute Gasteiger partial charge is 0.311 e. The Morgan fingerprint density at radius 2 is 2.11 bits per heavy atom. The van der Waals surface area contributed by atoms with E-state index in [4.69, 9.17) is 5.21 Å². The van der Waals surface area contributed by atoms with Gasteiger partial charge in [0.05, 0.1) is 6.42 Å². The average Bonchev–Trinajstić information content (AvgIpc) is 2.78. The summed E-state index contributed by atoms with van der Waals surface area (Å²) in [7, 11) is 0. The van der Waals surface area contributed by atoms with E-state index < -0.39 is 5.91 Å². The summed E-state index contributed by atoms with van der Waals surface area (Å²) in [6.07, 6.45) is 5.11. The van der Waals surface area contributed by atoms with Crippen LogP contribution in [0.15, 0.2) is 48.2 Å². The Morgan fingerprint density at radius 3 is 2.79 bits per heavy atom. The summed E-state index contributed by atoms with van der Waals surface area (Å²) in [6, 6.07) is 9.63. The molecule has 1 aromatic rings. The Morgan fingerprint density at radius 1 is 1.37 bits per heavy atom. The minimum atomic E-state index is -0.589. The van der Waals surface area contributed by atoms with Gasteiger partial charge in [0.15, 0.2) is 0 Å². The predicted octanol–water partition coefficient (Wildman–Crippen LogP) is 1.32. The van der Waals surface area contributed by atoms with Crippen LogP contribution in [0, 0.1) is 0 Å². The maximum atomic E-state index is 11.9. The van der Waals surface area contributed by atoms with Crippen molar-refractivity contribution in [3.63, 3.8) is 0 Å². The number of benzene rings is 1. The van der Waals surface area contributed by atoms with Gasteiger partial charge in [-0.3, -0.25) is 14.8 Å². The third kappa shape index (κ3) is 3.29. The number of hydroxylamine groups is 1. The molecule has 5 nitrogen and oxygen atoms in total. The van der Waals surface area contributed by atoms with Crippen molar-refractivity contribution in [1.82, 2.24) is 10.4 Å². The van der Waals surface area contributed by atoms with Gasteiger partial charge in [-0.05, 0) is 11.6 Å². The van der Waals surface area contributed by atoms with Crippen molar-refractivity contribution >= 4 is 17.9 Å². The van der Waals surface area contributed by atoms with Gasteiger partial charge in [0.25, 0.3) is 5.91 Å². The molecule has 0 unspecified atom stereocenters. The molecule has 1 aliphatic rings. The zero-order valence-electron chi connectivity index (χ0n) is 10.2. The van der Waals surface area contributed by atoms with Crippen molar-refractivity contribution in [2.24, 2.45) is 0 Å². The molecule has 19 heavy (non-hydrogen) atoms. The molecule has 98 valence electrons. The molecular weight excluding hydrogens is 244 g/mol. The van der Waals surface area contributed by atoms with Crippen LogP contribution in [0.4, 0.5) is 0 Å². The Balaban J connectivity index is 1.97. The Bertz CT molecular complexity index is 535. The SMILES string of the molecule is O=C(CC1=CCN(C=Cc2ccccc2)C1=O)NO. The molecule has 5 heteroatoms. The summed E-state index contributed by atoms with van der Waals surface area (Å²) in [5.74, 6) is -0.802. The highest BCUT2D eigenvalue weighted by molar-refractivity contribution is 6.01. The van der Waals surface area contributed by atoms with E-state index in [1.165, 1.54) is 10.4 Å². The van der Waals surface area contributed by atoms with E-state index in [0.717, 1.165) is 5.56 Å². The average molecular weight is 258 g/mol. The summed E-state index contributed by atoms with van der Waals surface area (Å²) in [6.45, 7) is 0.441. The van der Waals surface area contributed by atoms with Crippen LogP contribution in [0.2, 0.25) is 0 Å². The number of nitrogens with one attached hydrogen (secondary N) is 1. The zero-order valence-corrected chi connectivity index (χ0v) is 10.2. The molecule has 2 N–H and O–H groups in total. The van der Waals surface area contributed by atoms with Crippen LogP contribution >= 0.6 is 0 Å². The second kappa shape index (κ2) is 5.97. The second-order valence-electron chi connectivity index (χ2n) is 4.13. The first-order valence-electron chi connectivity index (χ1n) is 5.87. The molecule has 0 bridgehead atoms. The standard InChI is InChI=1S/C14H14N2O3/c17-13(15-19)10-12-7-9-16(14(12)18)8-6-11-4-2-1-3-5-11/h1-8,19H,9-10H2,(H,15,17). The maximum Gasteiger partial charge on any atom is 0.254 e. The number of hydrogen-bond acceptors (Lipinski definition) is 3. The Kier molecular flexibility index (Phi) is 4.10. The van der Waals surface area contributed by atoms with Gasteiger partial charge in [-0.25, -0.2) is 5.48 Å². The topological polar surface area (TPSA) is 69.6 Å². The Hall–Kier alpha value is -2.40. The van der Waals surface area contributed by atoms with Crippen LogP contribution in [0.5, 0.6) is 0 Å². The van der Waals surface area contributed by atoms with Gasteiger partial charge in [0, 0.05) is 18.3 Å². The van der Waals surface area contributed by atoms with Crippen molar-refractivity contribution in [2.45, 2.75) is 6.42 Å². The van der Waals surface area contributed by atoms with Crippen molar-refractivity contribution in [1.29, 1.82) is 0 Å². The highest BCUT2D eigenvalue weighted by Gasteiger charge is 2.23. The molecule has 1 heterocycles. The summed E-state index contributed by atoms with van der Waals surface area (Å²) >= 11 is 0. The Labute approximate surface area is 110 Å². The third-order valence-electron chi connectivity index (χ3n) is 2.79. The highest BCUT2D eigenvalue weighted by atomic mass is 16.5. The first-order valence-corrected chi connectivity index (χ1v) is 5.87. The van der Waals surface area contributed by atoms with Crippen LogP contribution in [0.1, 0.15) is 12.0 Å². The van der Waals surface area contributed by atoms with Gasteiger partial charge in [-0.1, -0.05) is 36.4 Å². The lowest BCUT2D eigenvalue weighted by Crippen LogP contribution is -2.24. The van der Waals surface area contributed by atoms with Crippen molar-refractivity contribution in [3.05, 3.63) is 53.7 Å². The molecule has 2 rings (SSSR count). The lowest BCUT2D eigenvalue weighted by atomic mass is 10.2. The molecule has 0 aliphatic carbocycles. The zero-order chi connectivity index (χ0) is 13.7. The van der Waals surface area contributed by atoms with E-state index in [1.54, 1.807) is 12.3 Å². The molecule has 0 saturated heterocycles. The van der Waals surface area contributed by atoms with Gasteiger partial charge in [-0.2, -0.15) is 0 Å². The smallest absolute Gasteiger partial charge is 0.254 e. The van der Waals surface area contributed by atoms with Gasteiger partial charge in [0.2, 0.25) is 5.91 Å². The summed E-state index contributed by atoms with van der Waals surface area (Å²) < 4.78 is 0. The molecule has 0 fully saturated rings. The van der Waals surface area contributed by atoms with Crippen molar-refractivity contribution < 1.29 is 14.8 Å². The number of nitrogens with zero attached hydrogens (tertiary/aromatic N) is 1. The minimum Gasteiger partial charge on any atom is -0.311 e. The van der Waals surface area contributed by atoms with E-state index in [2.05, 4.69) is 0 Å². The second-order valence-corrected chi connectivity index (χ2v) is 4.13. The highest BCUT2D eigenvalue weighted by Crippen LogP contribution is 2.15. The number of carbonyl (C=O) groups excluding carboxylic acids is 2. The number of amides is 2. The van der Waals surface area contributed by atoms with E-state index in [1.807, 2.05) is 36.4 Å². The predicted molar refractivity (Wildman–Crippen MR) is 69.8 cm³/mol. The minimum absolute atomic E-state index is 0.106. The van der Waals surface area contributed by atoms with Crippen LogP contribution in [-0.2, 0) is 9.59 Å². The summed E-state index contributed by atoms with van der Waals surface area (Å²) in [5, 5.41) is 8.43. The third-order valence-corrected chi connectivity index (χ3v) is 2.79. The van der Waals surface area contributed by atoms with E-state index >= 15 is 0 Å². The van der Waals surface area contributed by atoms with Crippen molar-refractivity contribution in [3.8, 4) is 0 Å². The van der Waals surface area contributed by atoms with Crippen LogP contribution < -0.4 is 5.48 Å². The monoisotopic (exact) mass is 258 g/mol. The van der Waals surface area contributed by atoms with E-state index in [9.17, 15) is 9.59 Å². The molecule has 2 amide bonds. The molecule has 0 atom stereocenters. The molecule has 0 spiro atoms. The number of carbonyl (C=O) groups is 2. The van der Waals surface area contributed by atoms with Gasteiger partial charge in [-0.15, -0.1) is 0 Å². The fourth-order valence-corrected chi connectivity index (χ4v) is 1.79. The summed E-state index contributed by atoms with van der Waals surface area (Å²) in [4.78, 5) is 24.5. The van der Waals surface area contributed by atoms with E-state index in [0.29, 0.717) is 12.1 Å². The fourth-order valence-electron chi connectivity index (χ4n) is 1.79. The van der Waals surface area contributed by atoms with Gasteiger partial charge >= 0.3 is 0 Å². The van der Waals surface area contributed by atoms with Crippen LogP contribution in [-0.4, -0.2) is 28.5 Å². The molecular formula is C14H14N2O3. The quantitative estimate of drug-likeness (QED) is 0.632. The molecule has 0 aromatic heterocycles. The first kappa shape index (κ1) is 13.0.